The average molecular weight is 243 g/mol. The summed E-state index contributed by atoms with van der Waals surface area (Å²) in [6, 6.07) is 0. The Hall–Kier alpha value is -0.830. The van der Waals surface area contributed by atoms with Crippen molar-refractivity contribution >= 4 is 5.97 Å². The number of hydrogen-bond acceptors (Lipinski definition) is 3. The Kier molecular flexibility index (Phi) is 16.5. The van der Waals surface area contributed by atoms with Gasteiger partial charge in [-0.1, -0.05) is 45.6 Å². The maximum atomic E-state index is 10.4. The number of ether oxygens (including phenoxy) is 1. The molecule has 0 saturated carbocycles. The molecule has 0 saturated heterocycles. The lowest BCUT2D eigenvalue weighted by atomic mass is 10.1. The third-order valence-electron chi connectivity index (χ3n) is 2.18. The van der Waals surface area contributed by atoms with Crippen molar-refractivity contribution in [3.63, 3.8) is 0 Å². The molecular weight excluding hydrogens is 214 g/mol. The summed E-state index contributed by atoms with van der Waals surface area (Å²) in [5.74, 6) is -0.312. The molecule has 0 bridgehead atoms. The first-order valence-corrected chi connectivity index (χ1v) is 6.62. The summed E-state index contributed by atoms with van der Waals surface area (Å²) < 4.78 is 4.56. The molecule has 0 radical (unpaired) electrons. The third kappa shape index (κ3) is 17.8. The fraction of sp³-hybridized carbons (Fsp3) is 0.786. The number of unbranched alkanes of at least 4 members (excludes halogenated alkanes) is 5. The molecule has 0 spiro atoms. The maximum Gasteiger partial charge on any atom is 0.333 e. The fourth-order valence-electron chi connectivity index (χ4n) is 1.18. The summed E-state index contributed by atoms with van der Waals surface area (Å²) in [7, 11) is 0. The Morgan fingerprint density at radius 1 is 1.12 bits per heavy atom. The van der Waals surface area contributed by atoms with Crippen molar-refractivity contribution in [1.82, 2.24) is 0 Å². The summed E-state index contributed by atoms with van der Waals surface area (Å²) in [5, 5.41) is 0. The highest BCUT2D eigenvalue weighted by Gasteiger charge is 1.98. The molecule has 102 valence electrons. The molecule has 17 heavy (non-hydrogen) atoms. The third-order valence-corrected chi connectivity index (χ3v) is 2.18. The molecule has 0 heterocycles. The molecule has 0 aliphatic rings. The fourth-order valence-corrected chi connectivity index (χ4v) is 1.18. The summed E-state index contributed by atoms with van der Waals surface area (Å²) in [4.78, 5) is 10.4. The minimum atomic E-state index is -0.312. The quantitative estimate of drug-likeness (QED) is 0.403. The standard InChI is InChI=1S/C8H19N.C6H10O2/c1-2-3-4-5-6-7-8-9;1-4-8-6(7)5(2)3/h2-9H2,1H3;2,4H2,1,3H3. The monoisotopic (exact) mass is 243 g/mol. The first-order valence-electron chi connectivity index (χ1n) is 6.62. The number of esters is 1. The summed E-state index contributed by atoms with van der Waals surface area (Å²) in [6.45, 7) is 10.3. The molecule has 0 atom stereocenters. The van der Waals surface area contributed by atoms with Gasteiger partial charge in [-0.25, -0.2) is 4.79 Å². The van der Waals surface area contributed by atoms with Crippen molar-refractivity contribution in [3.05, 3.63) is 12.2 Å². The van der Waals surface area contributed by atoms with E-state index in [2.05, 4.69) is 18.2 Å². The summed E-state index contributed by atoms with van der Waals surface area (Å²) in [6.07, 6.45) is 8.05. The molecule has 0 aliphatic carbocycles. The van der Waals surface area contributed by atoms with Gasteiger partial charge < -0.3 is 10.5 Å². The van der Waals surface area contributed by atoms with Crippen LogP contribution in [0, 0.1) is 0 Å². The minimum Gasteiger partial charge on any atom is -0.463 e. The van der Waals surface area contributed by atoms with Crippen LogP contribution in [0.2, 0.25) is 0 Å². The van der Waals surface area contributed by atoms with Crippen LogP contribution in [0.3, 0.4) is 0 Å². The van der Waals surface area contributed by atoms with E-state index in [1.54, 1.807) is 13.8 Å². The van der Waals surface area contributed by atoms with Crippen molar-refractivity contribution in [2.24, 2.45) is 5.73 Å². The largest absolute Gasteiger partial charge is 0.463 e. The molecule has 0 aliphatic heterocycles. The van der Waals surface area contributed by atoms with Crippen LogP contribution in [0.25, 0.3) is 0 Å². The normalized spacial score (nSPS) is 9.18. The molecule has 0 aromatic heterocycles. The first-order chi connectivity index (χ1) is 8.09. The van der Waals surface area contributed by atoms with Gasteiger partial charge in [0.15, 0.2) is 0 Å². The Labute approximate surface area is 106 Å². The zero-order valence-corrected chi connectivity index (χ0v) is 11.8. The predicted octanol–water partition coefficient (Wildman–Crippen LogP) is 3.43. The highest BCUT2D eigenvalue weighted by atomic mass is 16.5. The number of carbonyl (C=O) groups excluding carboxylic acids is 1. The lowest BCUT2D eigenvalue weighted by Crippen LogP contribution is -2.03. The van der Waals surface area contributed by atoms with Crippen molar-refractivity contribution in [1.29, 1.82) is 0 Å². The molecule has 0 aromatic carbocycles. The summed E-state index contributed by atoms with van der Waals surface area (Å²) in [5.41, 5.74) is 5.79. The van der Waals surface area contributed by atoms with Crippen LogP contribution in [-0.4, -0.2) is 19.1 Å². The molecular formula is C14H29NO2. The Morgan fingerprint density at radius 2 is 1.65 bits per heavy atom. The SMILES string of the molecule is C=C(C)C(=O)OCC.CCCCCCCCN. The van der Waals surface area contributed by atoms with E-state index in [0.29, 0.717) is 12.2 Å². The average Bonchev–Trinajstić information content (AvgIpc) is 2.30. The van der Waals surface area contributed by atoms with Crippen LogP contribution < -0.4 is 5.73 Å². The van der Waals surface area contributed by atoms with Gasteiger partial charge in [-0.2, -0.15) is 0 Å². The molecule has 3 heteroatoms. The van der Waals surface area contributed by atoms with Gasteiger partial charge in [0, 0.05) is 5.57 Å². The molecule has 2 N–H and O–H groups in total. The van der Waals surface area contributed by atoms with Crippen LogP contribution >= 0.6 is 0 Å². The second-order valence-corrected chi connectivity index (χ2v) is 4.06. The van der Waals surface area contributed by atoms with E-state index in [-0.39, 0.29) is 5.97 Å². The number of hydrogen-bond donors (Lipinski definition) is 1. The highest BCUT2D eigenvalue weighted by Crippen LogP contribution is 2.03. The second-order valence-electron chi connectivity index (χ2n) is 4.06. The van der Waals surface area contributed by atoms with Gasteiger partial charge in [0.1, 0.15) is 0 Å². The Balaban J connectivity index is 0. The first kappa shape index (κ1) is 18.5. The van der Waals surface area contributed by atoms with Crippen molar-refractivity contribution in [3.8, 4) is 0 Å². The smallest absolute Gasteiger partial charge is 0.333 e. The van der Waals surface area contributed by atoms with Crippen molar-refractivity contribution in [2.45, 2.75) is 59.3 Å². The number of carbonyl (C=O) groups is 1. The summed E-state index contributed by atoms with van der Waals surface area (Å²) >= 11 is 0. The van der Waals surface area contributed by atoms with Gasteiger partial charge >= 0.3 is 5.97 Å². The topological polar surface area (TPSA) is 52.3 Å². The van der Waals surface area contributed by atoms with E-state index in [1.807, 2.05) is 0 Å². The van der Waals surface area contributed by atoms with Crippen molar-refractivity contribution < 1.29 is 9.53 Å². The lowest BCUT2D eigenvalue weighted by molar-refractivity contribution is -0.138. The van der Waals surface area contributed by atoms with Crippen LogP contribution in [-0.2, 0) is 9.53 Å². The van der Waals surface area contributed by atoms with Gasteiger partial charge in [-0.15, -0.1) is 0 Å². The van der Waals surface area contributed by atoms with E-state index in [1.165, 1.54) is 38.5 Å². The van der Waals surface area contributed by atoms with E-state index < -0.39 is 0 Å². The van der Waals surface area contributed by atoms with E-state index in [0.717, 1.165) is 6.54 Å². The Morgan fingerprint density at radius 3 is 2.00 bits per heavy atom. The zero-order chi connectivity index (χ0) is 13.5. The Bertz CT molecular complexity index is 185. The molecule has 0 fully saturated rings. The molecule has 0 amide bonds. The van der Waals surface area contributed by atoms with E-state index in [4.69, 9.17) is 5.73 Å². The van der Waals surface area contributed by atoms with Gasteiger partial charge in [-0.3, -0.25) is 0 Å². The van der Waals surface area contributed by atoms with Gasteiger partial charge in [0.2, 0.25) is 0 Å². The van der Waals surface area contributed by atoms with Gasteiger partial charge in [-0.05, 0) is 26.8 Å². The van der Waals surface area contributed by atoms with Crippen LogP contribution in [0.5, 0.6) is 0 Å². The lowest BCUT2D eigenvalue weighted by Gasteiger charge is -1.96. The maximum absolute atomic E-state index is 10.4. The number of nitrogens with two attached hydrogens (primary N) is 1. The molecule has 0 rings (SSSR count). The zero-order valence-electron chi connectivity index (χ0n) is 11.8. The minimum absolute atomic E-state index is 0.312. The highest BCUT2D eigenvalue weighted by molar-refractivity contribution is 5.86. The van der Waals surface area contributed by atoms with Crippen LogP contribution in [0.4, 0.5) is 0 Å². The molecule has 0 unspecified atom stereocenters. The van der Waals surface area contributed by atoms with Gasteiger partial charge in [0.05, 0.1) is 6.61 Å². The van der Waals surface area contributed by atoms with E-state index >= 15 is 0 Å². The van der Waals surface area contributed by atoms with E-state index in [9.17, 15) is 4.79 Å². The van der Waals surface area contributed by atoms with Crippen LogP contribution in [0.1, 0.15) is 59.3 Å². The molecule has 0 aromatic rings. The van der Waals surface area contributed by atoms with Gasteiger partial charge in [0.25, 0.3) is 0 Å². The second kappa shape index (κ2) is 15.2. The van der Waals surface area contributed by atoms with Crippen LogP contribution in [0.15, 0.2) is 12.2 Å². The van der Waals surface area contributed by atoms with Crippen molar-refractivity contribution in [2.75, 3.05) is 13.2 Å². The predicted molar refractivity (Wildman–Crippen MR) is 73.9 cm³/mol. The number of rotatable bonds is 8. The molecule has 3 nitrogen and oxygen atoms in total.